The van der Waals surface area contributed by atoms with Gasteiger partial charge >= 0.3 is 12.4 Å². The molecule has 0 aliphatic carbocycles. The molecule has 5 aromatic rings. The van der Waals surface area contributed by atoms with Gasteiger partial charge < -0.3 is 10.1 Å². The molecule has 2 aromatic heterocycles. The second-order valence-corrected chi connectivity index (χ2v) is 10.7. The zero-order valence-electron chi connectivity index (χ0n) is 24.4. The van der Waals surface area contributed by atoms with Gasteiger partial charge in [0, 0.05) is 22.3 Å². The number of thiazole rings is 1. The van der Waals surface area contributed by atoms with Crippen molar-refractivity contribution in [3.63, 3.8) is 0 Å². The molecule has 0 bridgehead atoms. The van der Waals surface area contributed by atoms with Crippen molar-refractivity contribution in [2.24, 2.45) is 4.99 Å². The predicted molar refractivity (Wildman–Crippen MR) is 164 cm³/mol. The molecule has 0 aliphatic rings. The molecule has 1 N–H and O–H groups in total. The van der Waals surface area contributed by atoms with Gasteiger partial charge in [0.15, 0.2) is 10.6 Å². The van der Waals surface area contributed by atoms with Crippen LogP contribution in [0.5, 0.6) is 5.75 Å². The quantitative estimate of drug-likeness (QED) is 0.203. The number of allylic oxidation sites excluding steroid dienone is 2. The maximum Gasteiger partial charge on any atom is 0.573 e. The third-order valence-corrected chi connectivity index (χ3v) is 7.89. The molecule has 0 fully saturated rings. The highest BCUT2D eigenvalue weighted by Crippen LogP contribution is 2.25. The van der Waals surface area contributed by atoms with Crippen molar-refractivity contribution in [1.82, 2.24) is 24.6 Å². The maximum atomic E-state index is 12.9. The first-order valence-electron chi connectivity index (χ1n) is 13.7. The first kappa shape index (κ1) is 30.5. The summed E-state index contributed by atoms with van der Waals surface area (Å²) in [6.07, 6.45) is -2.41. The van der Waals surface area contributed by atoms with Crippen molar-refractivity contribution in [3.8, 4) is 28.5 Å². The van der Waals surface area contributed by atoms with Gasteiger partial charge in [-0.15, -0.1) is 29.6 Å². The molecule has 0 atom stereocenters. The highest BCUT2D eigenvalue weighted by Gasteiger charge is 2.31. The molecule has 0 unspecified atom stereocenters. The fourth-order valence-corrected chi connectivity index (χ4v) is 5.43. The number of aromatic nitrogens is 4. The van der Waals surface area contributed by atoms with Gasteiger partial charge in [-0.05, 0) is 74.2 Å². The van der Waals surface area contributed by atoms with Crippen LogP contribution in [0.4, 0.5) is 18.0 Å². The van der Waals surface area contributed by atoms with E-state index in [1.807, 2.05) is 73.2 Å². The van der Waals surface area contributed by atoms with Crippen LogP contribution >= 0.6 is 11.3 Å². The first-order valence-corrected chi connectivity index (χ1v) is 14.6. The van der Waals surface area contributed by atoms with Gasteiger partial charge in [-0.1, -0.05) is 49.4 Å². The highest BCUT2D eigenvalue weighted by atomic mass is 32.1. The van der Waals surface area contributed by atoms with E-state index in [1.54, 1.807) is 0 Å². The smallest absolute Gasteiger partial charge is 0.406 e. The number of ether oxygens (including phenoxy) is 1. The van der Waals surface area contributed by atoms with Crippen LogP contribution in [0, 0.1) is 6.92 Å². The molecule has 0 saturated heterocycles. The topological polar surface area (TPSA) is 86.3 Å². The van der Waals surface area contributed by atoms with Gasteiger partial charge in [-0.3, -0.25) is 4.57 Å². The summed E-state index contributed by atoms with van der Waals surface area (Å²) in [5.74, 6) is 0.130. The number of hydrogen-bond donors (Lipinski definition) is 1. The average molecular weight is 619 g/mol. The summed E-state index contributed by atoms with van der Waals surface area (Å²) >= 11 is 1.41. The summed E-state index contributed by atoms with van der Waals surface area (Å²) in [6.45, 7) is 7.83. The second kappa shape index (κ2) is 12.7. The van der Waals surface area contributed by atoms with E-state index in [0.29, 0.717) is 22.0 Å². The first-order chi connectivity index (χ1) is 21.0. The average Bonchev–Trinajstić information content (AvgIpc) is 3.63. The molecule has 2 amide bonds. The van der Waals surface area contributed by atoms with Gasteiger partial charge in [-0.25, -0.2) is 14.5 Å². The van der Waals surface area contributed by atoms with E-state index in [4.69, 9.17) is 0 Å². The van der Waals surface area contributed by atoms with Gasteiger partial charge in [0.05, 0.1) is 11.4 Å². The van der Waals surface area contributed by atoms with E-state index in [0.717, 1.165) is 34.5 Å². The van der Waals surface area contributed by atoms with Gasteiger partial charge in [0.1, 0.15) is 12.1 Å². The monoisotopic (exact) mass is 618 g/mol. The Labute approximate surface area is 255 Å². The van der Waals surface area contributed by atoms with Crippen LogP contribution in [0.25, 0.3) is 28.3 Å². The fraction of sp³-hybridized carbons (Fsp3) is 0.188. The minimum absolute atomic E-state index is 0.316. The van der Waals surface area contributed by atoms with Gasteiger partial charge in [-0.2, -0.15) is 4.99 Å². The normalized spacial score (nSPS) is 12.7. The third-order valence-electron chi connectivity index (χ3n) is 6.95. The van der Waals surface area contributed by atoms with Crippen LogP contribution in [0.3, 0.4) is 0 Å². The number of halogens is 3. The van der Waals surface area contributed by atoms with Crippen molar-refractivity contribution in [2.75, 3.05) is 0 Å². The number of rotatable bonds is 7. The molecule has 12 heteroatoms. The molecule has 3 aromatic carbocycles. The minimum atomic E-state index is -4.75. The lowest BCUT2D eigenvalue weighted by Gasteiger charge is -2.11. The lowest BCUT2D eigenvalue weighted by atomic mass is 10.0. The molecule has 0 saturated carbocycles. The Balaban J connectivity index is 1.30. The highest BCUT2D eigenvalue weighted by molar-refractivity contribution is 7.07. The number of carbonyl (C=O) groups is 1. The van der Waals surface area contributed by atoms with Crippen molar-refractivity contribution < 1.29 is 22.7 Å². The van der Waals surface area contributed by atoms with Crippen LogP contribution in [-0.2, 0) is 6.42 Å². The van der Waals surface area contributed by atoms with Crippen molar-refractivity contribution in [1.29, 1.82) is 0 Å². The molecule has 0 radical (unpaired) electrons. The zero-order chi connectivity index (χ0) is 31.4. The summed E-state index contributed by atoms with van der Waals surface area (Å²) < 4.78 is 44.7. The van der Waals surface area contributed by atoms with E-state index in [-0.39, 0.29) is 5.75 Å². The van der Waals surface area contributed by atoms with Gasteiger partial charge in [0.2, 0.25) is 0 Å². The molecule has 0 spiro atoms. The number of nitrogens with one attached hydrogen (secondary N) is 1. The largest absolute Gasteiger partial charge is 0.573 e. The molecule has 2 heterocycles. The molecule has 8 nitrogen and oxygen atoms in total. The molecule has 0 aliphatic heterocycles. The Morgan fingerprint density at radius 2 is 1.73 bits per heavy atom. The van der Waals surface area contributed by atoms with Crippen LogP contribution in [0.2, 0.25) is 0 Å². The number of urea groups is 1. The Bertz CT molecular complexity index is 1880. The summed E-state index contributed by atoms with van der Waals surface area (Å²) in [6, 6.07) is 20.5. The number of alkyl halides is 3. The summed E-state index contributed by atoms with van der Waals surface area (Å²) in [7, 11) is 0. The van der Waals surface area contributed by atoms with Crippen molar-refractivity contribution >= 4 is 22.9 Å². The minimum Gasteiger partial charge on any atom is -0.406 e. The van der Waals surface area contributed by atoms with E-state index < -0.39 is 12.4 Å². The number of hydrogen-bond acceptors (Lipinski definition) is 5. The summed E-state index contributed by atoms with van der Waals surface area (Å²) in [5, 5.41) is 9.32. The van der Waals surface area contributed by atoms with Crippen LogP contribution in [0.15, 0.2) is 95.2 Å². The second-order valence-electron chi connectivity index (χ2n) is 9.90. The van der Waals surface area contributed by atoms with E-state index in [2.05, 4.69) is 38.1 Å². The summed E-state index contributed by atoms with van der Waals surface area (Å²) in [5.41, 5.74) is 6.89. The number of benzene rings is 3. The van der Waals surface area contributed by atoms with E-state index in [1.165, 1.54) is 52.2 Å². The number of carbonyl (C=O) groups excluding carboxylic acids is 1. The van der Waals surface area contributed by atoms with Gasteiger partial charge in [0.25, 0.3) is 0 Å². The number of amides is 2. The van der Waals surface area contributed by atoms with E-state index in [9.17, 15) is 18.0 Å². The molecule has 5 rings (SSSR count). The maximum absolute atomic E-state index is 12.9. The Hall–Kier alpha value is -4.97. The van der Waals surface area contributed by atoms with E-state index >= 15 is 0 Å². The third kappa shape index (κ3) is 6.97. The van der Waals surface area contributed by atoms with Crippen LogP contribution < -0.4 is 14.9 Å². The standard InChI is InChI=1S/C32H29F3N6O2S/c1-5-23-8-6-7-9-28(23)41-20(2)18-44-31(41)38-30(42)37-22(4)21(3)24-10-12-25(13-11-24)29-36-19-40(39-29)26-14-16-27(17-15-26)43-32(33,34)35/h6-19H,5H2,1-4H3,(H,37,42)/b22-21+,38-31-. The SMILES string of the molecule is CCc1ccccc1-n1c(C)cs/c1=N\C(=O)N/C(C)=C(\C)c1ccc(-c2ncn(-c3ccc(OC(F)(F)F)cc3)n2)cc1. The zero-order valence-corrected chi connectivity index (χ0v) is 25.2. The lowest BCUT2D eigenvalue weighted by molar-refractivity contribution is -0.274. The number of para-hydroxylation sites is 1. The van der Waals surface area contributed by atoms with Crippen LogP contribution in [-0.4, -0.2) is 31.7 Å². The van der Waals surface area contributed by atoms with Crippen molar-refractivity contribution in [2.45, 2.75) is 40.5 Å². The molecular formula is C32H29F3N6O2S. The van der Waals surface area contributed by atoms with Crippen LogP contribution in [0.1, 0.15) is 37.6 Å². The Morgan fingerprint density at radius 3 is 2.41 bits per heavy atom. The molecule has 44 heavy (non-hydrogen) atoms. The molecule has 226 valence electrons. The predicted octanol–water partition coefficient (Wildman–Crippen LogP) is 7.62. The fourth-order valence-electron chi connectivity index (χ4n) is 4.57. The lowest BCUT2D eigenvalue weighted by Crippen LogP contribution is -2.24. The number of aryl methyl sites for hydroxylation is 2. The Morgan fingerprint density at radius 1 is 1.02 bits per heavy atom. The molecular weight excluding hydrogens is 589 g/mol. The number of nitrogens with zero attached hydrogens (tertiary/aromatic N) is 5. The van der Waals surface area contributed by atoms with Crippen molar-refractivity contribution in [3.05, 3.63) is 112 Å². The Kier molecular flexibility index (Phi) is 8.81. The summed E-state index contributed by atoms with van der Waals surface area (Å²) in [4.78, 5) is 22.2.